The van der Waals surface area contributed by atoms with Crippen LogP contribution >= 0.6 is 0 Å². The van der Waals surface area contributed by atoms with Gasteiger partial charge in [-0.2, -0.15) is 17.6 Å². The molecule has 0 saturated heterocycles. The summed E-state index contributed by atoms with van der Waals surface area (Å²) in [6.45, 7) is 2.92. The second-order valence-corrected chi connectivity index (χ2v) is 2.76. The van der Waals surface area contributed by atoms with Gasteiger partial charge in [0.05, 0.1) is 0 Å². The second kappa shape index (κ2) is 2.97. The van der Waals surface area contributed by atoms with Crippen LogP contribution in [0.5, 0.6) is 0 Å². The van der Waals surface area contributed by atoms with Crippen LogP contribution in [0.15, 0.2) is 0 Å². The Kier molecular flexibility index (Phi) is 2.27. The Morgan fingerprint density at radius 3 is 2.15 bits per heavy atom. The molecule has 0 aromatic carbocycles. The van der Waals surface area contributed by atoms with Crippen molar-refractivity contribution in [2.45, 2.75) is 26.1 Å². The Balaban J connectivity index is 3.25. The number of aromatic nitrogens is 3. The van der Waals surface area contributed by atoms with Gasteiger partial charge in [0.15, 0.2) is 5.69 Å². The number of halogens is 4. The zero-order valence-electron chi connectivity index (χ0n) is 6.93. The number of hydrogen-bond acceptors (Lipinski definition) is 2. The molecule has 1 aromatic rings. The van der Waals surface area contributed by atoms with Crippen LogP contribution in [-0.4, -0.2) is 15.0 Å². The molecule has 0 radical (unpaired) electrons. The molecule has 1 rings (SSSR count). The predicted molar refractivity (Wildman–Crippen MR) is 35.4 cm³/mol. The summed E-state index contributed by atoms with van der Waals surface area (Å²) in [5.74, 6) is -1.58. The fourth-order valence-electron chi connectivity index (χ4n) is 0.882. The largest absolute Gasteiger partial charge is 0.437 e. The molecule has 13 heavy (non-hydrogen) atoms. The Bertz CT molecular complexity index is 301. The lowest BCUT2D eigenvalue weighted by atomic mass is 10.3. The smallest absolute Gasteiger partial charge is 0.235 e. The van der Waals surface area contributed by atoms with E-state index in [1.54, 1.807) is 0 Å². The zero-order valence-corrected chi connectivity index (χ0v) is 6.93. The fourth-order valence-corrected chi connectivity index (χ4v) is 0.882. The minimum atomic E-state index is -4.75. The first-order valence-electron chi connectivity index (χ1n) is 3.52. The summed E-state index contributed by atoms with van der Waals surface area (Å²) in [7, 11) is 0. The van der Waals surface area contributed by atoms with Crippen molar-refractivity contribution in [3.05, 3.63) is 11.6 Å². The molecular formula is C6H7F4N3. The normalized spacial score (nSPS) is 12.5. The molecule has 7 heteroatoms. The average Bonchev–Trinajstić information content (AvgIpc) is 2.28. The van der Waals surface area contributed by atoms with Crippen LogP contribution < -0.4 is 0 Å². The van der Waals surface area contributed by atoms with Gasteiger partial charge < -0.3 is 0 Å². The summed E-state index contributed by atoms with van der Waals surface area (Å²) in [6, 6.07) is -0.575. The van der Waals surface area contributed by atoms with E-state index in [4.69, 9.17) is 0 Å². The van der Waals surface area contributed by atoms with Crippen LogP contribution in [0.1, 0.15) is 25.6 Å². The van der Waals surface area contributed by atoms with Gasteiger partial charge in [-0.25, -0.2) is 4.68 Å². The summed E-state index contributed by atoms with van der Waals surface area (Å²) in [6.07, 6.45) is -4.75. The van der Waals surface area contributed by atoms with Crippen LogP contribution in [0.25, 0.3) is 0 Å². The van der Waals surface area contributed by atoms with Gasteiger partial charge >= 0.3 is 6.18 Å². The maximum absolute atomic E-state index is 12.6. The fraction of sp³-hybridized carbons (Fsp3) is 0.667. The lowest BCUT2D eigenvalue weighted by molar-refractivity contribution is -0.147. The molecule has 0 aliphatic rings. The zero-order chi connectivity index (χ0) is 10.2. The number of nitrogens with zero attached hydrogens (tertiary/aromatic N) is 3. The Morgan fingerprint density at radius 2 is 1.85 bits per heavy atom. The maximum Gasteiger partial charge on any atom is 0.437 e. The highest BCUT2D eigenvalue weighted by Crippen LogP contribution is 2.31. The first-order valence-corrected chi connectivity index (χ1v) is 3.52. The van der Waals surface area contributed by atoms with E-state index in [9.17, 15) is 17.6 Å². The topological polar surface area (TPSA) is 30.7 Å². The van der Waals surface area contributed by atoms with Crippen LogP contribution in [0.2, 0.25) is 0 Å². The van der Waals surface area contributed by atoms with E-state index in [1.807, 2.05) is 0 Å². The van der Waals surface area contributed by atoms with Crippen molar-refractivity contribution in [3.63, 3.8) is 0 Å². The second-order valence-electron chi connectivity index (χ2n) is 2.76. The van der Waals surface area contributed by atoms with Gasteiger partial charge in [0, 0.05) is 6.04 Å². The maximum atomic E-state index is 12.6. The molecule has 0 aliphatic carbocycles. The molecule has 3 nitrogen and oxygen atoms in total. The van der Waals surface area contributed by atoms with Crippen molar-refractivity contribution in [2.24, 2.45) is 0 Å². The van der Waals surface area contributed by atoms with Gasteiger partial charge in [0.1, 0.15) is 0 Å². The molecule has 74 valence electrons. The van der Waals surface area contributed by atoms with Crippen LogP contribution in [-0.2, 0) is 6.18 Å². The van der Waals surface area contributed by atoms with Gasteiger partial charge in [-0.3, -0.25) is 0 Å². The molecule has 0 unspecified atom stereocenters. The van der Waals surface area contributed by atoms with E-state index >= 15 is 0 Å². The van der Waals surface area contributed by atoms with Crippen LogP contribution in [0, 0.1) is 5.95 Å². The third-order valence-electron chi connectivity index (χ3n) is 1.41. The molecule has 1 heterocycles. The van der Waals surface area contributed by atoms with E-state index in [0.29, 0.717) is 4.68 Å². The van der Waals surface area contributed by atoms with Gasteiger partial charge in [-0.1, -0.05) is 10.3 Å². The molecule has 0 N–H and O–H groups in total. The van der Waals surface area contributed by atoms with E-state index in [-0.39, 0.29) is 0 Å². The van der Waals surface area contributed by atoms with Gasteiger partial charge in [0.2, 0.25) is 0 Å². The monoisotopic (exact) mass is 197 g/mol. The molecule has 0 fully saturated rings. The van der Waals surface area contributed by atoms with Gasteiger partial charge in [-0.15, -0.1) is 0 Å². The summed E-state index contributed by atoms with van der Waals surface area (Å²) in [5.41, 5.74) is -1.43. The number of rotatable bonds is 1. The Morgan fingerprint density at radius 1 is 1.31 bits per heavy atom. The molecule has 0 bridgehead atoms. The molecule has 0 saturated carbocycles. The molecule has 0 aliphatic heterocycles. The molecular weight excluding hydrogens is 190 g/mol. The Labute approximate surface area is 71.3 Å². The van der Waals surface area contributed by atoms with Crippen molar-refractivity contribution >= 4 is 0 Å². The third kappa shape index (κ3) is 1.78. The van der Waals surface area contributed by atoms with Crippen molar-refractivity contribution in [2.75, 3.05) is 0 Å². The van der Waals surface area contributed by atoms with Crippen molar-refractivity contribution in [3.8, 4) is 0 Å². The SMILES string of the molecule is CC(C)n1nnc(F)c1C(F)(F)F. The summed E-state index contributed by atoms with van der Waals surface area (Å²) in [4.78, 5) is 0. The standard InChI is InChI=1S/C6H7F4N3/c1-3(2)13-4(6(8,9)10)5(7)11-12-13/h3H,1-2H3. The lowest BCUT2D eigenvalue weighted by Crippen LogP contribution is -2.17. The summed E-state index contributed by atoms with van der Waals surface area (Å²) < 4.78 is 49.5. The van der Waals surface area contributed by atoms with E-state index in [2.05, 4.69) is 10.3 Å². The average molecular weight is 197 g/mol. The quantitative estimate of drug-likeness (QED) is 0.645. The van der Waals surface area contributed by atoms with E-state index in [0.717, 1.165) is 0 Å². The third-order valence-corrected chi connectivity index (χ3v) is 1.41. The molecule has 0 spiro atoms. The van der Waals surface area contributed by atoms with Crippen LogP contribution in [0.3, 0.4) is 0 Å². The number of hydrogen-bond donors (Lipinski definition) is 0. The number of alkyl halides is 3. The highest BCUT2D eigenvalue weighted by Gasteiger charge is 2.40. The van der Waals surface area contributed by atoms with E-state index in [1.165, 1.54) is 13.8 Å². The van der Waals surface area contributed by atoms with Crippen molar-refractivity contribution in [1.82, 2.24) is 15.0 Å². The predicted octanol–water partition coefficient (Wildman–Crippen LogP) is 2.02. The minimum Gasteiger partial charge on any atom is -0.235 e. The van der Waals surface area contributed by atoms with Crippen molar-refractivity contribution < 1.29 is 17.6 Å². The first kappa shape index (κ1) is 9.94. The summed E-state index contributed by atoms with van der Waals surface area (Å²) in [5, 5.41) is 5.78. The minimum absolute atomic E-state index is 0.509. The first-order chi connectivity index (χ1) is 5.84. The highest BCUT2D eigenvalue weighted by molar-refractivity contribution is 5.03. The summed E-state index contributed by atoms with van der Waals surface area (Å²) >= 11 is 0. The lowest BCUT2D eigenvalue weighted by Gasteiger charge is -2.11. The highest BCUT2D eigenvalue weighted by atomic mass is 19.4. The van der Waals surface area contributed by atoms with Gasteiger partial charge in [0.25, 0.3) is 5.95 Å². The molecule has 0 atom stereocenters. The van der Waals surface area contributed by atoms with E-state index < -0.39 is 23.9 Å². The Hall–Kier alpha value is -1.14. The van der Waals surface area contributed by atoms with Gasteiger partial charge in [-0.05, 0) is 13.8 Å². The molecule has 1 aromatic heterocycles. The van der Waals surface area contributed by atoms with Crippen LogP contribution in [0.4, 0.5) is 17.6 Å². The molecule has 0 amide bonds. The van der Waals surface area contributed by atoms with Crippen molar-refractivity contribution in [1.29, 1.82) is 0 Å².